The Morgan fingerprint density at radius 3 is 0.945 bits per heavy atom. The molecule has 110 heavy (non-hydrogen) atoms. The third-order valence-corrected chi connectivity index (χ3v) is 20.2. The van der Waals surface area contributed by atoms with Crippen LogP contribution in [0, 0.1) is 0 Å². The fourth-order valence-corrected chi connectivity index (χ4v) is 15.1. The second-order valence-corrected chi connectivity index (χ2v) is 27.5. The summed E-state index contributed by atoms with van der Waals surface area (Å²) >= 11 is 25.0. The fraction of sp³-hybridized carbons (Fsp3) is 0. The summed E-state index contributed by atoms with van der Waals surface area (Å²) in [5, 5.41) is 11.6. The molecule has 0 aliphatic heterocycles. The minimum Gasteiger partial charge on any atom is -0.452 e. The molecule has 22 aromatic rings. The Bertz CT molecular complexity index is 7240. The van der Waals surface area contributed by atoms with Crippen molar-refractivity contribution in [3.63, 3.8) is 0 Å². The van der Waals surface area contributed by atoms with Gasteiger partial charge in [-0.05, 0) is 185 Å². The Morgan fingerprint density at radius 1 is 0.182 bits per heavy atom. The zero-order valence-corrected chi connectivity index (χ0v) is 60.9. The number of aromatic nitrogens is 8. The topological polar surface area (TPSA) is 156 Å². The summed E-state index contributed by atoms with van der Waals surface area (Å²) in [4.78, 5) is 35.6. The molecule has 0 aliphatic rings. The van der Waals surface area contributed by atoms with Gasteiger partial charge < -0.3 is 17.7 Å². The molecule has 0 unspecified atom stereocenters. The molecule has 8 aromatic heterocycles. The van der Waals surface area contributed by atoms with Crippen molar-refractivity contribution in [3.8, 4) is 78.4 Å². The smallest absolute Gasteiger partial charge is 0.223 e. The van der Waals surface area contributed by atoms with Crippen LogP contribution in [0.25, 0.3) is 199 Å². The molecule has 0 fully saturated rings. The first-order valence-electron chi connectivity index (χ1n) is 35.4. The first-order chi connectivity index (χ1) is 54.1. The van der Waals surface area contributed by atoms with Gasteiger partial charge in [-0.1, -0.05) is 255 Å². The number of para-hydroxylation sites is 4. The summed E-state index contributed by atoms with van der Waals surface area (Å²) in [6, 6.07) is 110. The van der Waals surface area contributed by atoms with Crippen molar-refractivity contribution >= 4 is 167 Å². The second-order valence-electron chi connectivity index (χ2n) is 26.2. The van der Waals surface area contributed by atoms with E-state index in [0.29, 0.717) is 39.4 Å². The number of halogens is 4. The van der Waals surface area contributed by atoms with Gasteiger partial charge in [-0.15, -0.1) is 0 Å². The molecule has 12 nitrogen and oxygen atoms in total. The average Bonchev–Trinajstić information content (AvgIpc) is 1.60. The Labute approximate surface area is 647 Å². The van der Waals surface area contributed by atoms with Gasteiger partial charge in [-0.3, -0.25) is 0 Å². The number of fused-ring (bicyclic) bond motifs is 15. The van der Waals surface area contributed by atoms with E-state index in [9.17, 15) is 0 Å². The molecule has 0 spiro atoms. The summed E-state index contributed by atoms with van der Waals surface area (Å²) in [5.41, 5.74) is 22.1. The first-order valence-corrected chi connectivity index (χ1v) is 36.9. The van der Waals surface area contributed by atoms with E-state index >= 15 is 0 Å². The Hall–Kier alpha value is -13.5. The van der Waals surface area contributed by atoms with Gasteiger partial charge in [0.1, 0.15) is 67.2 Å². The molecule has 0 N–H and O–H groups in total. The number of benzene rings is 14. The standard InChI is InChI=1S/C28H17ClN2O.C26H15ClN2O.2C20H11ClN2O/c29-28-30-25(27-26(31-28)23-13-7-8-14-24(23)32-27)22-16-20(18-9-3-1-4-10-18)15-21(17-22)19-11-5-2-6-12-19;27-26-28-23(25-24(29-26)21-9-3-4-11-22(21)30-25)18-14-12-17(13-15-18)20-10-5-7-16-6-1-2-8-19(16)20;21-20-22-17(14-10-5-7-12-6-1-2-8-13(12)14)19-18(23-20)15-9-3-4-11-16(15)24-19;21-20-22-17(14-10-9-12-5-1-2-6-13(12)11-14)19-18(23-20)15-7-3-4-8-16(15)24-19/h1-17H;1-15H;2*1-11H. The first kappa shape index (κ1) is 67.2. The normalized spacial score (nSPS) is 11.5. The van der Waals surface area contributed by atoms with Crippen LogP contribution in [-0.4, -0.2) is 39.9 Å². The van der Waals surface area contributed by atoms with Crippen LogP contribution in [0.4, 0.5) is 0 Å². The van der Waals surface area contributed by atoms with Gasteiger partial charge in [0.05, 0.1) is 0 Å². The Morgan fingerprint density at radius 2 is 0.491 bits per heavy atom. The minimum absolute atomic E-state index is 0.199. The van der Waals surface area contributed by atoms with Crippen LogP contribution in [0.5, 0.6) is 0 Å². The van der Waals surface area contributed by atoms with Gasteiger partial charge in [-0.2, -0.15) is 0 Å². The van der Waals surface area contributed by atoms with Gasteiger partial charge in [0.15, 0.2) is 22.3 Å². The van der Waals surface area contributed by atoms with Crippen molar-refractivity contribution in [2.45, 2.75) is 0 Å². The van der Waals surface area contributed by atoms with E-state index in [-0.39, 0.29) is 21.1 Å². The van der Waals surface area contributed by atoms with Gasteiger partial charge in [0.2, 0.25) is 21.1 Å². The summed E-state index contributed by atoms with van der Waals surface area (Å²) in [7, 11) is 0. The molecule has 14 aromatic carbocycles. The van der Waals surface area contributed by atoms with Crippen LogP contribution in [-0.2, 0) is 0 Å². The predicted molar refractivity (Wildman–Crippen MR) is 448 cm³/mol. The average molecular weight is 1500 g/mol. The number of nitrogens with zero attached hydrogens (tertiary/aromatic N) is 8. The lowest BCUT2D eigenvalue weighted by Gasteiger charge is -2.11. The highest BCUT2D eigenvalue weighted by molar-refractivity contribution is 6.31. The SMILES string of the molecule is Clc1nc(-c2cc(-c3ccccc3)cc(-c3ccccc3)c2)c2oc3ccccc3c2n1.Clc1nc(-c2ccc(-c3cccc4ccccc34)cc2)c2oc3ccccc3c2n1.Clc1nc(-c2ccc3ccccc3c2)c2oc3ccccc3c2n1.Clc1nc(-c2cccc3ccccc23)c2oc3ccccc3c2n1. The molecule has 0 saturated heterocycles. The van der Waals surface area contributed by atoms with E-state index in [4.69, 9.17) is 64.1 Å². The molecule has 0 bridgehead atoms. The third kappa shape index (κ3) is 12.8. The quantitative estimate of drug-likeness (QED) is 0.139. The van der Waals surface area contributed by atoms with Gasteiger partial charge in [-0.25, -0.2) is 39.9 Å². The van der Waals surface area contributed by atoms with Crippen molar-refractivity contribution in [3.05, 3.63) is 349 Å². The van der Waals surface area contributed by atoms with Crippen LogP contribution < -0.4 is 0 Å². The monoisotopic (exact) mass is 1500 g/mol. The molecule has 0 aliphatic carbocycles. The lowest BCUT2D eigenvalue weighted by atomic mass is 9.95. The molecule has 0 saturated carbocycles. The maximum Gasteiger partial charge on any atom is 0.223 e. The maximum absolute atomic E-state index is 6.38. The molecule has 522 valence electrons. The van der Waals surface area contributed by atoms with E-state index in [0.717, 1.165) is 138 Å². The predicted octanol–water partition coefficient (Wildman–Crippen LogP) is 27.2. The molecule has 0 atom stereocenters. The highest BCUT2D eigenvalue weighted by Gasteiger charge is 2.23. The lowest BCUT2D eigenvalue weighted by molar-refractivity contribution is 0.667. The Kier molecular flexibility index (Phi) is 17.5. The highest BCUT2D eigenvalue weighted by atomic mass is 35.5. The third-order valence-electron chi connectivity index (χ3n) is 19.5. The van der Waals surface area contributed by atoms with Crippen LogP contribution in [0.15, 0.2) is 345 Å². The molecular weight excluding hydrogens is 1450 g/mol. The van der Waals surface area contributed by atoms with Crippen LogP contribution in [0.2, 0.25) is 21.1 Å². The van der Waals surface area contributed by atoms with Gasteiger partial charge >= 0.3 is 0 Å². The highest BCUT2D eigenvalue weighted by Crippen LogP contribution is 2.43. The minimum atomic E-state index is 0.199. The summed E-state index contributed by atoms with van der Waals surface area (Å²) in [6.07, 6.45) is 0. The summed E-state index contributed by atoms with van der Waals surface area (Å²) in [5.74, 6) is 0. The largest absolute Gasteiger partial charge is 0.452 e. The van der Waals surface area contributed by atoms with E-state index in [2.05, 4.69) is 192 Å². The Balaban J connectivity index is 0.000000100. The van der Waals surface area contributed by atoms with E-state index < -0.39 is 0 Å². The number of hydrogen-bond donors (Lipinski definition) is 0. The van der Waals surface area contributed by atoms with Crippen molar-refractivity contribution in [1.82, 2.24) is 39.9 Å². The van der Waals surface area contributed by atoms with Crippen LogP contribution >= 0.6 is 46.4 Å². The summed E-state index contributed by atoms with van der Waals surface area (Å²) in [6.45, 7) is 0. The van der Waals surface area contributed by atoms with Gasteiger partial charge in [0.25, 0.3) is 0 Å². The molecule has 0 radical (unpaired) electrons. The van der Waals surface area contributed by atoms with Crippen molar-refractivity contribution in [2.24, 2.45) is 0 Å². The molecule has 8 heterocycles. The van der Waals surface area contributed by atoms with Gasteiger partial charge in [0, 0.05) is 43.8 Å². The molecule has 22 rings (SSSR count). The molecular formula is C94H54Cl4N8O4. The maximum atomic E-state index is 6.38. The lowest BCUT2D eigenvalue weighted by Crippen LogP contribution is -1.91. The van der Waals surface area contributed by atoms with Crippen molar-refractivity contribution in [2.75, 3.05) is 0 Å². The zero-order valence-electron chi connectivity index (χ0n) is 57.9. The fourth-order valence-electron chi connectivity index (χ4n) is 14.4. The van der Waals surface area contributed by atoms with Crippen molar-refractivity contribution < 1.29 is 17.7 Å². The molecule has 16 heteroatoms. The van der Waals surface area contributed by atoms with E-state index in [1.165, 1.54) is 21.7 Å². The van der Waals surface area contributed by atoms with E-state index in [1.54, 1.807) is 0 Å². The number of rotatable bonds is 7. The number of furan rings is 4. The van der Waals surface area contributed by atoms with Crippen molar-refractivity contribution in [1.29, 1.82) is 0 Å². The van der Waals surface area contributed by atoms with Crippen LogP contribution in [0.1, 0.15) is 0 Å². The zero-order chi connectivity index (χ0) is 73.8. The van der Waals surface area contributed by atoms with E-state index in [1.807, 2.05) is 176 Å². The van der Waals surface area contributed by atoms with Crippen LogP contribution in [0.3, 0.4) is 0 Å². The number of hydrogen-bond acceptors (Lipinski definition) is 12. The second kappa shape index (κ2) is 28.7. The molecule has 0 amide bonds. The summed E-state index contributed by atoms with van der Waals surface area (Å²) < 4.78 is 24.4.